The molecule has 22 heavy (non-hydrogen) atoms. The van der Waals surface area contributed by atoms with Crippen LogP contribution in [0, 0.1) is 6.92 Å². The maximum absolute atomic E-state index is 12.2. The molecule has 0 atom stereocenters. The molecule has 2 N–H and O–H groups in total. The third-order valence-electron chi connectivity index (χ3n) is 2.49. The summed E-state index contributed by atoms with van der Waals surface area (Å²) < 4.78 is 10.1. The Balaban J connectivity index is 3.05. The van der Waals surface area contributed by atoms with Gasteiger partial charge >= 0.3 is 12.2 Å². The van der Waals surface area contributed by atoms with Crippen molar-refractivity contribution >= 4 is 17.9 Å². The SMILES string of the molecule is Cc1cc(O)ccc1N(NC(=O)OC(C)C)C(=O)OC(C)C. The summed E-state index contributed by atoms with van der Waals surface area (Å²) in [6.07, 6.45) is -2.20. The van der Waals surface area contributed by atoms with Gasteiger partial charge in [0.1, 0.15) is 5.75 Å². The Morgan fingerprint density at radius 2 is 1.73 bits per heavy atom. The van der Waals surface area contributed by atoms with Crippen LogP contribution in [0.1, 0.15) is 33.3 Å². The van der Waals surface area contributed by atoms with Crippen LogP contribution in [0.4, 0.5) is 15.3 Å². The van der Waals surface area contributed by atoms with Gasteiger partial charge in [-0.1, -0.05) is 0 Å². The number of benzene rings is 1. The average Bonchev–Trinajstić information content (AvgIpc) is 2.34. The van der Waals surface area contributed by atoms with E-state index in [9.17, 15) is 14.7 Å². The zero-order valence-corrected chi connectivity index (χ0v) is 13.4. The first-order valence-corrected chi connectivity index (χ1v) is 6.98. The van der Waals surface area contributed by atoms with Gasteiger partial charge in [-0.25, -0.2) is 15.0 Å². The summed E-state index contributed by atoms with van der Waals surface area (Å²) in [6, 6.07) is 4.38. The third kappa shape index (κ3) is 5.16. The van der Waals surface area contributed by atoms with E-state index in [4.69, 9.17) is 9.47 Å². The molecule has 7 nitrogen and oxygen atoms in total. The number of aryl methyl sites for hydroxylation is 1. The van der Waals surface area contributed by atoms with Gasteiger partial charge in [0.2, 0.25) is 0 Å². The molecular formula is C15H22N2O5. The Hall–Kier alpha value is -2.44. The topological polar surface area (TPSA) is 88.1 Å². The van der Waals surface area contributed by atoms with Crippen LogP contribution in [0.5, 0.6) is 5.75 Å². The van der Waals surface area contributed by atoms with Crippen molar-refractivity contribution in [3.05, 3.63) is 23.8 Å². The van der Waals surface area contributed by atoms with E-state index in [2.05, 4.69) is 5.43 Å². The molecule has 0 fully saturated rings. The number of ether oxygens (including phenoxy) is 2. The molecule has 0 bridgehead atoms. The number of hydrogen-bond acceptors (Lipinski definition) is 5. The van der Waals surface area contributed by atoms with Gasteiger partial charge in [0.25, 0.3) is 0 Å². The summed E-state index contributed by atoms with van der Waals surface area (Å²) in [4.78, 5) is 24.0. The zero-order valence-electron chi connectivity index (χ0n) is 13.4. The second-order valence-corrected chi connectivity index (χ2v) is 5.30. The maximum Gasteiger partial charge on any atom is 0.433 e. The van der Waals surface area contributed by atoms with Crippen molar-refractivity contribution < 1.29 is 24.2 Å². The Morgan fingerprint density at radius 1 is 1.14 bits per heavy atom. The van der Waals surface area contributed by atoms with Gasteiger partial charge in [-0.05, 0) is 58.4 Å². The molecule has 0 aliphatic heterocycles. The summed E-state index contributed by atoms with van der Waals surface area (Å²) in [5.74, 6) is 0.0585. The Bertz CT molecular complexity index is 543. The van der Waals surface area contributed by atoms with Crippen molar-refractivity contribution in [3.8, 4) is 5.75 Å². The van der Waals surface area contributed by atoms with Gasteiger partial charge in [0.15, 0.2) is 0 Å². The first-order chi connectivity index (χ1) is 10.2. The minimum absolute atomic E-state index is 0.0585. The number of hydrogen-bond donors (Lipinski definition) is 2. The minimum atomic E-state index is -0.775. The fourth-order valence-electron chi connectivity index (χ4n) is 1.68. The quantitative estimate of drug-likeness (QED) is 0.838. The summed E-state index contributed by atoms with van der Waals surface area (Å²) in [6.45, 7) is 8.49. The smallest absolute Gasteiger partial charge is 0.433 e. The van der Waals surface area contributed by atoms with Gasteiger partial charge in [0, 0.05) is 0 Å². The highest BCUT2D eigenvalue weighted by Crippen LogP contribution is 2.24. The van der Waals surface area contributed by atoms with Crippen molar-refractivity contribution in [1.29, 1.82) is 0 Å². The van der Waals surface area contributed by atoms with E-state index >= 15 is 0 Å². The predicted molar refractivity (Wildman–Crippen MR) is 81.7 cm³/mol. The number of rotatable bonds is 3. The van der Waals surface area contributed by atoms with Gasteiger partial charge in [0.05, 0.1) is 17.9 Å². The van der Waals surface area contributed by atoms with Crippen molar-refractivity contribution in [2.24, 2.45) is 0 Å². The number of nitrogens with one attached hydrogen (secondary N) is 1. The molecule has 1 aromatic rings. The summed E-state index contributed by atoms with van der Waals surface area (Å²) in [5, 5.41) is 10.4. The number of nitrogens with zero attached hydrogens (tertiary/aromatic N) is 1. The molecule has 0 aliphatic rings. The first-order valence-electron chi connectivity index (χ1n) is 6.98. The molecule has 0 aliphatic carbocycles. The number of phenols is 1. The second-order valence-electron chi connectivity index (χ2n) is 5.30. The molecule has 0 unspecified atom stereocenters. The summed E-state index contributed by atoms with van der Waals surface area (Å²) >= 11 is 0. The molecule has 0 heterocycles. The molecule has 1 rings (SSSR count). The van der Waals surface area contributed by atoms with Gasteiger partial charge in [-0.15, -0.1) is 0 Å². The van der Waals surface area contributed by atoms with Crippen LogP contribution in [-0.4, -0.2) is 29.5 Å². The van der Waals surface area contributed by atoms with E-state index in [1.54, 1.807) is 34.6 Å². The predicted octanol–water partition coefficient (Wildman–Crippen LogP) is 3.10. The number of hydrazine groups is 1. The monoisotopic (exact) mass is 310 g/mol. The summed E-state index contributed by atoms with van der Waals surface area (Å²) in [5.41, 5.74) is 3.31. The van der Waals surface area contributed by atoms with E-state index in [0.29, 0.717) is 11.3 Å². The fourth-order valence-corrected chi connectivity index (χ4v) is 1.68. The summed E-state index contributed by atoms with van der Waals surface area (Å²) in [7, 11) is 0. The normalized spacial score (nSPS) is 10.5. The lowest BCUT2D eigenvalue weighted by atomic mass is 10.2. The Morgan fingerprint density at radius 3 is 2.23 bits per heavy atom. The number of anilines is 1. The number of phenolic OH excluding ortho intramolecular Hbond substituents is 1. The van der Waals surface area contributed by atoms with E-state index in [-0.39, 0.29) is 18.0 Å². The Labute approximate surface area is 129 Å². The average molecular weight is 310 g/mol. The standard InChI is InChI=1S/C15H22N2O5/c1-9(2)21-14(19)16-17(15(20)22-10(3)4)13-7-6-12(18)8-11(13)5/h6-10,18H,1-5H3,(H,16,19). The van der Waals surface area contributed by atoms with Gasteiger partial charge in [-0.2, -0.15) is 5.01 Å². The number of carbonyl (C=O) groups excluding carboxylic acids is 2. The number of amides is 2. The lowest BCUT2D eigenvalue weighted by molar-refractivity contribution is 0.103. The molecule has 0 radical (unpaired) electrons. The molecule has 0 saturated carbocycles. The highest BCUT2D eigenvalue weighted by Gasteiger charge is 2.23. The molecular weight excluding hydrogens is 288 g/mol. The van der Waals surface area contributed by atoms with E-state index in [1.807, 2.05) is 0 Å². The second kappa shape index (κ2) is 7.53. The van der Waals surface area contributed by atoms with Crippen LogP contribution in [0.3, 0.4) is 0 Å². The molecule has 7 heteroatoms. The molecule has 2 amide bonds. The van der Waals surface area contributed by atoms with E-state index in [0.717, 1.165) is 5.01 Å². The third-order valence-corrected chi connectivity index (χ3v) is 2.49. The number of aromatic hydroxyl groups is 1. The van der Waals surface area contributed by atoms with Crippen LogP contribution in [0.15, 0.2) is 18.2 Å². The molecule has 0 spiro atoms. The highest BCUT2D eigenvalue weighted by molar-refractivity contribution is 5.91. The van der Waals surface area contributed by atoms with E-state index < -0.39 is 12.2 Å². The van der Waals surface area contributed by atoms with Crippen molar-refractivity contribution in [1.82, 2.24) is 5.43 Å². The highest BCUT2D eigenvalue weighted by atomic mass is 16.6. The molecule has 1 aromatic carbocycles. The van der Waals surface area contributed by atoms with E-state index in [1.165, 1.54) is 18.2 Å². The Kier molecular flexibility index (Phi) is 6.03. The lowest BCUT2D eigenvalue weighted by Gasteiger charge is -2.25. The van der Waals surface area contributed by atoms with Crippen molar-refractivity contribution in [2.75, 3.05) is 5.01 Å². The van der Waals surface area contributed by atoms with Crippen LogP contribution >= 0.6 is 0 Å². The molecule has 122 valence electrons. The van der Waals surface area contributed by atoms with Crippen molar-refractivity contribution in [3.63, 3.8) is 0 Å². The molecule has 0 aromatic heterocycles. The van der Waals surface area contributed by atoms with Crippen LogP contribution in [-0.2, 0) is 9.47 Å². The zero-order chi connectivity index (χ0) is 16.9. The van der Waals surface area contributed by atoms with Crippen LogP contribution < -0.4 is 10.4 Å². The van der Waals surface area contributed by atoms with Crippen LogP contribution in [0.25, 0.3) is 0 Å². The van der Waals surface area contributed by atoms with Crippen LogP contribution in [0.2, 0.25) is 0 Å². The van der Waals surface area contributed by atoms with Gasteiger partial charge < -0.3 is 14.6 Å². The maximum atomic E-state index is 12.2. The minimum Gasteiger partial charge on any atom is -0.508 e. The lowest BCUT2D eigenvalue weighted by Crippen LogP contribution is -2.48. The first kappa shape index (κ1) is 17.6. The largest absolute Gasteiger partial charge is 0.508 e. The molecule has 0 saturated heterocycles. The fraction of sp³-hybridized carbons (Fsp3) is 0.467. The number of carbonyl (C=O) groups is 2. The van der Waals surface area contributed by atoms with Gasteiger partial charge in [-0.3, -0.25) is 0 Å². The van der Waals surface area contributed by atoms with Crippen molar-refractivity contribution in [2.45, 2.75) is 46.8 Å².